The number of nitrogens with one attached hydrogen (secondary N) is 3. The molecule has 114 valence electrons. The summed E-state index contributed by atoms with van der Waals surface area (Å²) in [5.74, 6) is 0. The Kier molecular flexibility index (Phi) is 5.98. The van der Waals surface area contributed by atoms with Gasteiger partial charge in [-0.3, -0.25) is 0 Å². The first-order valence-electron chi connectivity index (χ1n) is 6.84. The van der Waals surface area contributed by atoms with Gasteiger partial charge in [0.2, 0.25) is 10.0 Å². The molecule has 0 amide bonds. The molecule has 1 rings (SSSR count). The number of benzene rings is 1. The van der Waals surface area contributed by atoms with Crippen LogP contribution in [0.1, 0.15) is 27.7 Å². The summed E-state index contributed by atoms with van der Waals surface area (Å²) in [6.45, 7) is 9.85. The summed E-state index contributed by atoms with van der Waals surface area (Å²) in [4.78, 5) is 0.289. The Balaban J connectivity index is 2.72. The van der Waals surface area contributed by atoms with Gasteiger partial charge in [-0.1, -0.05) is 19.1 Å². The van der Waals surface area contributed by atoms with E-state index in [9.17, 15) is 8.42 Å². The van der Waals surface area contributed by atoms with E-state index in [1.807, 2.05) is 6.07 Å². The van der Waals surface area contributed by atoms with E-state index in [4.69, 9.17) is 0 Å². The molecule has 1 aromatic carbocycles. The van der Waals surface area contributed by atoms with Gasteiger partial charge >= 0.3 is 0 Å². The van der Waals surface area contributed by atoms with Gasteiger partial charge in [0, 0.05) is 25.2 Å². The van der Waals surface area contributed by atoms with Crippen molar-refractivity contribution in [2.75, 3.05) is 25.0 Å². The Hall–Kier alpha value is -1.11. The van der Waals surface area contributed by atoms with Gasteiger partial charge in [0.1, 0.15) is 4.90 Å². The zero-order valence-electron chi connectivity index (χ0n) is 12.7. The highest BCUT2D eigenvalue weighted by molar-refractivity contribution is 7.89. The van der Waals surface area contributed by atoms with Crippen molar-refractivity contribution in [2.24, 2.45) is 0 Å². The Labute approximate surface area is 122 Å². The minimum Gasteiger partial charge on any atom is -0.383 e. The second-order valence-corrected chi connectivity index (χ2v) is 7.34. The molecule has 0 atom stereocenters. The van der Waals surface area contributed by atoms with Crippen LogP contribution in [0.5, 0.6) is 0 Å². The number of sulfonamides is 1. The maximum Gasteiger partial charge on any atom is 0.242 e. The van der Waals surface area contributed by atoms with Gasteiger partial charge in [0.25, 0.3) is 0 Å². The van der Waals surface area contributed by atoms with Crippen LogP contribution in [0.2, 0.25) is 0 Å². The summed E-state index contributed by atoms with van der Waals surface area (Å²) in [6, 6.07) is 6.94. The van der Waals surface area contributed by atoms with E-state index in [1.165, 1.54) is 0 Å². The van der Waals surface area contributed by atoms with Crippen LogP contribution < -0.4 is 15.4 Å². The smallest absolute Gasteiger partial charge is 0.242 e. The molecule has 0 aliphatic heterocycles. The maximum absolute atomic E-state index is 12.1. The largest absolute Gasteiger partial charge is 0.383 e. The van der Waals surface area contributed by atoms with Crippen molar-refractivity contribution < 1.29 is 8.42 Å². The third-order valence-electron chi connectivity index (χ3n) is 2.61. The van der Waals surface area contributed by atoms with Gasteiger partial charge in [-0.25, -0.2) is 13.1 Å². The number of hydrogen-bond acceptors (Lipinski definition) is 4. The fourth-order valence-corrected chi connectivity index (χ4v) is 2.97. The number of para-hydroxylation sites is 1. The summed E-state index contributed by atoms with van der Waals surface area (Å²) in [5, 5.41) is 6.52. The molecule has 0 heterocycles. The van der Waals surface area contributed by atoms with E-state index in [0.717, 1.165) is 6.54 Å². The molecule has 0 fully saturated rings. The van der Waals surface area contributed by atoms with E-state index < -0.39 is 10.0 Å². The van der Waals surface area contributed by atoms with Crippen molar-refractivity contribution in [3.8, 4) is 0 Å². The van der Waals surface area contributed by atoms with Gasteiger partial charge in [0.05, 0.1) is 5.69 Å². The molecule has 0 aliphatic carbocycles. The number of rotatable bonds is 7. The molecule has 0 unspecified atom stereocenters. The van der Waals surface area contributed by atoms with Gasteiger partial charge in [0.15, 0.2) is 0 Å². The highest BCUT2D eigenvalue weighted by Gasteiger charge is 2.16. The van der Waals surface area contributed by atoms with E-state index >= 15 is 0 Å². The van der Waals surface area contributed by atoms with E-state index in [-0.39, 0.29) is 10.4 Å². The molecule has 3 N–H and O–H groups in total. The molecule has 1 aromatic rings. The van der Waals surface area contributed by atoms with Crippen molar-refractivity contribution in [3.63, 3.8) is 0 Å². The monoisotopic (exact) mass is 299 g/mol. The molecule has 0 spiro atoms. The molecular weight excluding hydrogens is 274 g/mol. The van der Waals surface area contributed by atoms with E-state index in [1.54, 1.807) is 25.1 Å². The van der Waals surface area contributed by atoms with E-state index in [0.29, 0.717) is 18.8 Å². The molecule has 20 heavy (non-hydrogen) atoms. The summed E-state index contributed by atoms with van der Waals surface area (Å²) in [7, 11) is -3.44. The zero-order chi connectivity index (χ0) is 15.2. The Morgan fingerprint density at radius 2 is 1.75 bits per heavy atom. The van der Waals surface area contributed by atoms with Crippen molar-refractivity contribution in [1.29, 1.82) is 0 Å². The highest BCUT2D eigenvalue weighted by atomic mass is 32.2. The predicted molar refractivity (Wildman–Crippen MR) is 83.5 cm³/mol. The second-order valence-electron chi connectivity index (χ2n) is 5.60. The second kappa shape index (κ2) is 7.06. The summed E-state index contributed by atoms with van der Waals surface area (Å²) < 4.78 is 26.7. The third kappa shape index (κ3) is 5.48. The van der Waals surface area contributed by atoms with Crippen molar-refractivity contribution in [2.45, 2.75) is 38.1 Å². The van der Waals surface area contributed by atoms with Crippen molar-refractivity contribution in [3.05, 3.63) is 24.3 Å². The fourth-order valence-electron chi connectivity index (χ4n) is 1.75. The molecule has 5 nitrogen and oxygen atoms in total. The fraction of sp³-hybridized carbons (Fsp3) is 0.571. The lowest BCUT2D eigenvalue weighted by Gasteiger charge is -2.21. The highest BCUT2D eigenvalue weighted by Crippen LogP contribution is 2.20. The van der Waals surface area contributed by atoms with Crippen LogP contribution in [0, 0.1) is 0 Å². The quantitative estimate of drug-likeness (QED) is 0.671. The normalized spacial score (nSPS) is 12.4. The molecule has 0 radical (unpaired) electrons. The topological polar surface area (TPSA) is 70.2 Å². The zero-order valence-corrected chi connectivity index (χ0v) is 13.5. The van der Waals surface area contributed by atoms with Crippen LogP contribution in [-0.2, 0) is 10.0 Å². The average Bonchev–Trinajstić information content (AvgIpc) is 2.34. The predicted octanol–water partition coefficient (Wildman–Crippen LogP) is 1.78. The van der Waals surface area contributed by atoms with Crippen LogP contribution in [0.3, 0.4) is 0 Å². The standard InChI is InChI=1S/C14H25N3O2S/c1-5-17-20(18,19)13-9-7-6-8-12(13)15-10-11-16-14(2,3)4/h6-9,15-17H,5,10-11H2,1-4H3. The van der Waals surface area contributed by atoms with E-state index in [2.05, 4.69) is 36.1 Å². The first-order chi connectivity index (χ1) is 9.26. The lowest BCUT2D eigenvalue weighted by atomic mass is 10.1. The van der Waals surface area contributed by atoms with Gasteiger partial charge in [-0.15, -0.1) is 0 Å². The Bertz CT molecular complexity index is 521. The lowest BCUT2D eigenvalue weighted by Crippen LogP contribution is -2.38. The molecule has 0 aliphatic rings. The van der Waals surface area contributed by atoms with Crippen LogP contribution in [-0.4, -0.2) is 33.6 Å². The Morgan fingerprint density at radius 1 is 1.10 bits per heavy atom. The minimum absolute atomic E-state index is 0.0526. The number of hydrogen-bond donors (Lipinski definition) is 3. The van der Waals surface area contributed by atoms with Gasteiger partial charge in [-0.05, 0) is 32.9 Å². The lowest BCUT2D eigenvalue weighted by molar-refractivity contribution is 0.435. The summed E-state index contributed by atoms with van der Waals surface area (Å²) in [6.07, 6.45) is 0. The number of anilines is 1. The third-order valence-corrected chi connectivity index (χ3v) is 4.21. The van der Waals surface area contributed by atoms with Crippen LogP contribution in [0.15, 0.2) is 29.2 Å². The average molecular weight is 299 g/mol. The first-order valence-corrected chi connectivity index (χ1v) is 8.32. The van der Waals surface area contributed by atoms with Crippen molar-refractivity contribution in [1.82, 2.24) is 10.0 Å². The molecule has 0 bridgehead atoms. The van der Waals surface area contributed by atoms with Crippen LogP contribution in [0.25, 0.3) is 0 Å². The van der Waals surface area contributed by atoms with Gasteiger partial charge < -0.3 is 10.6 Å². The van der Waals surface area contributed by atoms with Crippen LogP contribution in [0.4, 0.5) is 5.69 Å². The SMILES string of the molecule is CCNS(=O)(=O)c1ccccc1NCCNC(C)(C)C. The molecular formula is C14H25N3O2S. The summed E-state index contributed by atoms with van der Waals surface area (Å²) >= 11 is 0. The van der Waals surface area contributed by atoms with Gasteiger partial charge in [-0.2, -0.15) is 0 Å². The first kappa shape index (κ1) is 16.9. The van der Waals surface area contributed by atoms with Crippen molar-refractivity contribution >= 4 is 15.7 Å². The Morgan fingerprint density at radius 3 is 2.35 bits per heavy atom. The maximum atomic E-state index is 12.1. The molecule has 0 saturated heterocycles. The minimum atomic E-state index is -3.44. The molecule has 6 heteroatoms. The summed E-state index contributed by atoms with van der Waals surface area (Å²) in [5.41, 5.74) is 0.681. The molecule has 0 aromatic heterocycles. The molecule has 0 saturated carbocycles. The van der Waals surface area contributed by atoms with Crippen LogP contribution >= 0.6 is 0 Å².